The SMILES string of the molecule is Cc1nc(C(=O)N2CCC(C(N)=O)CC2)nn1-c1c(Cl)cccc1Cl. The molecule has 9 heteroatoms. The number of amides is 2. The molecule has 1 aromatic heterocycles. The number of hydrogen-bond acceptors (Lipinski definition) is 4. The lowest BCUT2D eigenvalue weighted by molar-refractivity contribution is -0.123. The number of likely N-dealkylation sites (tertiary alicyclic amines) is 1. The Balaban J connectivity index is 1.83. The first-order valence-electron chi connectivity index (χ1n) is 7.85. The molecule has 0 radical (unpaired) electrons. The van der Waals surface area contributed by atoms with Crippen molar-refractivity contribution >= 4 is 35.0 Å². The molecule has 1 fully saturated rings. The van der Waals surface area contributed by atoms with Gasteiger partial charge in [0, 0.05) is 19.0 Å². The van der Waals surface area contributed by atoms with E-state index in [-0.39, 0.29) is 23.6 Å². The Morgan fingerprint density at radius 1 is 1.20 bits per heavy atom. The average molecular weight is 382 g/mol. The molecule has 0 spiro atoms. The van der Waals surface area contributed by atoms with Crippen molar-refractivity contribution in [3.63, 3.8) is 0 Å². The number of aryl methyl sites for hydroxylation is 1. The summed E-state index contributed by atoms with van der Waals surface area (Å²) in [5.41, 5.74) is 5.81. The standard InChI is InChI=1S/C16H17Cl2N5O2/c1-9-20-15(16(25)22-7-5-10(6-8-22)14(19)24)21-23(9)13-11(17)3-2-4-12(13)18/h2-4,10H,5-8H2,1H3,(H2,19,24). The molecule has 2 N–H and O–H groups in total. The number of carbonyl (C=O) groups is 2. The highest BCUT2D eigenvalue weighted by Gasteiger charge is 2.29. The van der Waals surface area contributed by atoms with E-state index in [2.05, 4.69) is 10.1 Å². The van der Waals surface area contributed by atoms with Crippen molar-refractivity contribution < 1.29 is 9.59 Å². The quantitative estimate of drug-likeness (QED) is 0.881. The summed E-state index contributed by atoms with van der Waals surface area (Å²) in [6.45, 7) is 2.63. The Morgan fingerprint density at radius 2 is 1.80 bits per heavy atom. The number of carbonyl (C=O) groups excluding carboxylic acids is 2. The van der Waals surface area contributed by atoms with Gasteiger partial charge in [0.15, 0.2) is 0 Å². The third-order valence-electron chi connectivity index (χ3n) is 4.29. The molecule has 1 saturated heterocycles. The maximum atomic E-state index is 12.6. The second-order valence-corrected chi connectivity index (χ2v) is 6.75. The molecule has 1 aromatic carbocycles. The second kappa shape index (κ2) is 7.01. The minimum atomic E-state index is -0.321. The van der Waals surface area contributed by atoms with E-state index >= 15 is 0 Å². The molecule has 0 unspecified atom stereocenters. The van der Waals surface area contributed by atoms with E-state index in [0.717, 1.165) is 0 Å². The summed E-state index contributed by atoms with van der Waals surface area (Å²) in [7, 11) is 0. The van der Waals surface area contributed by atoms with Crippen LogP contribution in [0.15, 0.2) is 18.2 Å². The topological polar surface area (TPSA) is 94.1 Å². The second-order valence-electron chi connectivity index (χ2n) is 5.93. The number of hydrogen-bond donors (Lipinski definition) is 1. The number of nitrogens with two attached hydrogens (primary N) is 1. The maximum Gasteiger partial charge on any atom is 0.293 e. The lowest BCUT2D eigenvalue weighted by Gasteiger charge is -2.29. The average Bonchev–Trinajstić information content (AvgIpc) is 2.96. The van der Waals surface area contributed by atoms with Gasteiger partial charge in [-0.25, -0.2) is 9.67 Å². The number of rotatable bonds is 3. The summed E-state index contributed by atoms with van der Waals surface area (Å²) in [4.78, 5) is 29.8. The Hall–Kier alpha value is -2.12. The lowest BCUT2D eigenvalue weighted by atomic mass is 9.96. The van der Waals surface area contributed by atoms with Crippen LogP contribution in [0.2, 0.25) is 10.0 Å². The number of benzene rings is 1. The van der Waals surface area contributed by atoms with Crippen LogP contribution < -0.4 is 5.73 Å². The van der Waals surface area contributed by atoms with Crippen molar-refractivity contribution in [2.24, 2.45) is 11.7 Å². The zero-order valence-corrected chi connectivity index (χ0v) is 15.1. The van der Waals surface area contributed by atoms with E-state index in [4.69, 9.17) is 28.9 Å². The fourth-order valence-corrected chi connectivity index (χ4v) is 3.45. The Morgan fingerprint density at radius 3 is 2.36 bits per heavy atom. The van der Waals surface area contributed by atoms with Crippen molar-refractivity contribution in [1.29, 1.82) is 0 Å². The van der Waals surface area contributed by atoms with Crippen LogP contribution in [-0.4, -0.2) is 44.6 Å². The molecule has 0 atom stereocenters. The molecule has 2 aromatic rings. The molecular weight excluding hydrogens is 365 g/mol. The number of para-hydroxylation sites is 1. The van der Waals surface area contributed by atoms with E-state index in [9.17, 15) is 9.59 Å². The molecule has 2 amide bonds. The molecule has 7 nitrogen and oxygen atoms in total. The van der Waals surface area contributed by atoms with Gasteiger partial charge < -0.3 is 10.6 Å². The summed E-state index contributed by atoms with van der Waals surface area (Å²) in [5.74, 6) is -0.207. The molecule has 1 aliphatic heterocycles. The maximum absolute atomic E-state index is 12.6. The van der Waals surface area contributed by atoms with Gasteiger partial charge in [0.25, 0.3) is 5.91 Å². The largest absolute Gasteiger partial charge is 0.369 e. The highest BCUT2D eigenvalue weighted by Crippen LogP contribution is 2.28. The molecule has 0 aliphatic carbocycles. The summed E-state index contributed by atoms with van der Waals surface area (Å²) in [6, 6.07) is 5.12. The molecular formula is C16H17Cl2N5O2. The van der Waals surface area contributed by atoms with Gasteiger partial charge >= 0.3 is 0 Å². The summed E-state index contributed by atoms with van der Waals surface area (Å²) in [6.07, 6.45) is 1.11. The van der Waals surface area contributed by atoms with Crippen LogP contribution in [-0.2, 0) is 4.79 Å². The lowest BCUT2D eigenvalue weighted by Crippen LogP contribution is -2.42. The number of primary amides is 1. The van der Waals surface area contributed by atoms with Gasteiger partial charge in [-0.1, -0.05) is 29.3 Å². The van der Waals surface area contributed by atoms with Gasteiger partial charge in [0.05, 0.1) is 10.0 Å². The van der Waals surface area contributed by atoms with Crippen LogP contribution in [0.3, 0.4) is 0 Å². The molecule has 0 bridgehead atoms. The molecule has 132 valence electrons. The predicted molar refractivity (Wildman–Crippen MR) is 93.9 cm³/mol. The minimum Gasteiger partial charge on any atom is -0.369 e. The first-order valence-corrected chi connectivity index (χ1v) is 8.60. The third kappa shape index (κ3) is 3.48. The monoisotopic (exact) mass is 381 g/mol. The van der Waals surface area contributed by atoms with Gasteiger partial charge in [-0.05, 0) is 31.9 Å². The third-order valence-corrected chi connectivity index (χ3v) is 4.90. The van der Waals surface area contributed by atoms with Crippen LogP contribution in [0.25, 0.3) is 5.69 Å². The van der Waals surface area contributed by atoms with Gasteiger partial charge in [0.1, 0.15) is 11.5 Å². The summed E-state index contributed by atoms with van der Waals surface area (Å²) >= 11 is 12.4. The van der Waals surface area contributed by atoms with E-state index in [1.54, 1.807) is 30.0 Å². The van der Waals surface area contributed by atoms with E-state index in [1.165, 1.54) is 4.68 Å². The molecule has 2 heterocycles. The highest BCUT2D eigenvalue weighted by atomic mass is 35.5. The summed E-state index contributed by atoms with van der Waals surface area (Å²) < 4.78 is 1.47. The van der Waals surface area contributed by atoms with Crippen LogP contribution in [0.5, 0.6) is 0 Å². The van der Waals surface area contributed by atoms with Crippen molar-refractivity contribution in [3.05, 3.63) is 39.9 Å². The van der Waals surface area contributed by atoms with Gasteiger partial charge in [0.2, 0.25) is 11.7 Å². The molecule has 3 rings (SSSR count). The zero-order valence-electron chi connectivity index (χ0n) is 13.6. The fraction of sp³-hybridized carbons (Fsp3) is 0.375. The zero-order chi connectivity index (χ0) is 18.1. The fourth-order valence-electron chi connectivity index (χ4n) is 2.89. The van der Waals surface area contributed by atoms with Crippen molar-refractivity contribution in [2.75, 3.05) is 13.1 Å². The number of aromatic nitrogens is 3. The van der Waals surface area contributed by atoms with E-state index < -0.39 is 0 Å². The van der Waals surface area contributed by atoms with Crippen LogP contribution in [0, 0.1) is 12.8 Å². The minimum absolute atomic E-state index is 0.0750. The Kier molecular flexibility index (Phi) is 4.96. The van der Waals surface area contributed by atoms with Crippen molar-refractivity contribution in [2.45, 2.75) is 19.8 Å². The van der Waals surface area contributed by atoms with E-state index in [0.29, 0.717) is 47.5 Å². The van der Waals surface area contributed by atoms with Crippen LogP contribution in [0.4, 0.5) is 0 Å². The van der Waals surface area contributed by atoms with Crippen LogP contribution >= 0.6 is 23.2 Å². The smallest absolute Gasteiger partial charge is 0.293 e. The Bertz CT molecular complexity index is 808. The van der Waals surface area contributed by atoms with Gasteiger partial charge in [-0.2, -0.15) is 0 Å². The molecule has 0 saturated carbocycles. The number of piperidine rings is 1. The first-order chi connectivity index (χ1) is 11.9. The van der Waals surface area contributed by atoms with Crippen LogP contribution in [0.1, 0.15) is 29.3 Å². The van der Waals surface area contributed by atoms with Gasteiger partial charge in [-0.3, -0.25) is 9.59 Å². The predicted octanol–water partition coefficient (Wildman–Crippen LogP) is 2.22. The highest BCUT2D eigenvalue weighted by molar-refractivity contribution is 6.37. The first kappa shape index (κ1) is 17.7. The van der Waals surface area contributed by atoms with Crippen molar-refractivity contribution in [1.82, 2.24) is 19.7 Å². The van der Waals surface area contributed by atoms with Crippen molar-refractivity contribution in [3.8, 4) is 5.69 Å². The van der Waals surface area contributed by atoms with E-state index in [1.807, 2.05) is 0 Å². The number of halogens is 2. The molecule has 1 aliphatic rings. The molecule has 25 heavy (non-hydrogen) atoms. The normalized spacial score (nSPS) is 15.4. The van der Waals surface area contributed by atoms with Gasteiger partial charge in [-0.15, -0.1) is 5.10 Å². The Labute approximate surface area is 154 Å². The summed E-state index contributed by atoms with van der Waals surface area (Å²) in [5, 5.41) is 5.12. The number of nitrogens with zero attached hydrogens (tertiary/aromatic N) is 4.